The highest BCUT2D eigenvalue weighted by atomic mass is 15.4. The maximum absolute atomic E-state index is 2.57. The van der Waals surface area contributed by atoms with Crippen molar-refractivity contribution in [1.82, 2.24) is 4.90 Å². The van der Waals surface area contributed by atoms with Crippen LogP contribution >= 0.6 is 0 Å². The summed E-state index contributed by atoms with van der Waals surface area (Å²) in [6.07, 6.45) is 2.66. The van der Waals surface area contributed by atoms with Crippen LogP contribution in [0.25, 0.3) is 0 Å². The molecular formula is C9H19N. The van der Waals surface area contributed by atoms with Crippen molar-refractivity contribution in [3.05, 3.63) is 0 Å². The van der Waals surface area contributed by atoms with Gasteiger partial charge in [-0.25, -0.2) is 0 Å². The second kappa shape index (κ2) is 2.54. The first-order valence-corrected chi connectivity index (χ1v) is 4.34. The van der Waals surface area contributed by atoms with Crippen LogP contribution < -0.4 is 0 Å². The van der Waals surface area contributed by atoms with E-state index in [1.54, 1.807) is 0 Å². The Labute approximate surface area is 64.4 Å². The third kappa shape index (κ3) is 1.51. The fourth-order valence-electron chi connectivity index (χ4n) is 1.71. The van der Waals surface area contributed by atoms with Gasteiger partial charge in [0.15, 0.2) is 0 Å². The van der Waals surface area contributed by atoms with Crippen LogP contribution in [0.3, 0.4) is 0 Å². The topological polar surface area (TPSA) is 3.01 Å². The molecule has 2 atom stereocenters. The monoisotopic (exact) mass is 141 g/mol. The number of hydrogen-bond donors (Lipinski definition) is 0. The average Bonchev–Trinajstić information content (AvgIpc) is 2.41. The van der Waals surface area contributed by atoms with Gasteiger partial charge in [-0.2, -0.15) is 0 Å². The van der Waals surface area contributed by atoms with Crippen LogP contribution in [-0.2, 0) is 0 Å². The Bertz CT molecular complexity index is 118. The number of hydrogen-bond acceptors (Lipinski definition) is 1. The van der Waals surface area contributed by atoms with Crippen molar-refractivity contribution in [2.45, 2.75) is 52.1 Å². The first kappa shape index (κ1) is 8.06. The quantitative estimate of drug-likeness (QED) is 0.545. The zero-order valence-corrected chi connectivity index (χ0v) is 7.65. The molecule has 1 nitrogen and oxygen atoms in total. The zero-order valence-electron chi connectivity index (χ0n) is 7.65. The Morgan fingerprint density at radius 1 is 1.50 bits per heavy atom. The van der Waals surface area contributed by atoms with E-state index in [1.807, 2.05) is 0 Å². The van der Waals surface area contributed by atoms with E-state index < -0.39 is 0 Å². The Hall–Kier alpha value is -0.0400. The third-order valence-electron chi connectivity index (χ3n) is 2.47. The van der Waals surface area contributed by atoms with Gasteiger partial charge in [0.2, 0.25) is 0 Å². The van der Waals surface area contributed by atoms with E-state index in [9.17, 15) is 0 Å². The summed E-state index contributed by atoms with van der Waals surface area (Å²) in [4.78, 5) is 2.57. The van der Waals surface area contributed by atoms with Crippen molar-refractivity contribution in [2.75, 3.05) is 6.54 Å². The van der Waals surface area contributed by atoms with Crippen LogP contribution in [0.4, 0.5) is 0 Å². The van der Waals surface area contributed by atoms with Crippen molar-refractivity contribution in [2.24, 2.45) is 0 Å². The Morgan fingerprint density at radius 2 is 2.00 bits per heavy atom. The highest BCUT2D eigenvalue weighted by Crippen LogP contribution is 2.34. The van der Waals surface area contributed by atoms with Crippen molar-refractivity contribution < 1.29 is 0 Å². The summed E-state index contributed by atoms with van der Waals surface area (Å²) >= 11 is 0. The summed E-state index contributed by atoms with van der Waals surface area (Å²) in [7, 11) is 0. The van der Waals surface area contributed by atoms with Gasteiger partial charge >= 0.3 is 0 Å². The normalized spacial score (nSPS) is 31.8. The smallest absolute Gasteiger partial charge is 0.0284 e. The minimum Gasteiger partial charge on any atom is -0.292 e. The molecule has 0 radical (unpaired) electrons. The molecule has 0 aliphatic carbocycles. The van der Waals surface area contributed by atoms with Crippen molar-refractivity contribution in [3.63, 3.8) is 0 Å². The van der Waals surface area contributed by atoms with E-state index >= 15 is 0 Å². The minimum atomic E-state index is 0.522. The van der Waals surface area contributed by atoms with Gasteiger partial charge in [-0.15, -0.1) is 0 Å². The zero-order chi connectivity index (χ0) is 7.78. The highest BCUT2D eigenvalue weighted by molar-refractivity contribution is 5.01. The van der Waals surface area contributed by atoms with Gasteiger partial charge in [-0.05, 0) is 27.2 Å². The predicted molar refractivity (Wildman–Crippen MR) is 45.2 cm³/mol. The van der Waals surface area contributed by atoms with Crippen molar-refractivity contribution in [3.8, 4) is 0 Å². The van der Waals surface area contributed by atoms with E-state index in [0.29, 0.717) is 5.54 Å². The number of rotatable bonds is 3. The average molecular weight is 141 g/mol. The molecule has 0 spiro atoms. The van der Waals surface area contributed by atoms with Crippen LogP contribution in [0.1, 0.15) is 40.5 Å². The van der Waals surface area contributed by atoms with Crippen LogP contribution in [0, 0.1) is 0 Å². The van der Waals surface area contributed by atoms with E-state index in [2.05, 4.69) is 32.6 Å². The Kier molecular flexibility index (Phi) is 2.04. The van der Waals surface area contributed by atoms with E-state index in [1.165, 1.54) is 19.4 Å². The lowest BCUT2D eigenvalue weighted by Gasteiger charge is -2.14. The molecule has 0 amide bonds. The van der Waals surface area contributed by atoms with Crippen LogP contribution in [-0.4, -0.2) is 23.0 Å². The summed E-state index contributed by atoms with van der Waals surface area (Å²) in [6, 6.07) is 0.806. The van der Waals surface area contributed by atoms with E-state index in [0.717, 1.165) is 6.04 Å². The predicted octanol–water partition coefficient (Wildman–Crippen LogP) is 2.27. The molecule has 10 heavy (non-hydrogen) atoms. The third-order valence-corrected chi connectivity index (χ3v) is 2.47. The highest BCUT2D eigenvalue weighted by Gasteiger charge is 2.44. The molecule has 0 aromatic rings. The summed E-state index contributed by atoms with van der Waals surface area (Å²) in [5.74, 6) is 0. The largest absolute Gasteiger partial charge is 0.292 e. The molecule has 2 unspecified atom stereocenters. The van der Waals surface area contributed by atoms with Crippen molar-refractivity contribution in [1.29, 1.82) is 0 Å². The fraction of sp³-hybridized carbons (Fsp3) is 1.00. The molecule has 0 aromatic carbocycles. The fourth-order valence-corrected chi connectivity index (χ4v) is 1.71. The Morgan fingerprint density at radius 3 is 2.30 bits per heavy atom. The first-order chi connectivity index (χ1) is 4.58. The molecule has 60 valence electrons. The van der Waals surface area contributed by atoms with Gasteiger partial charge in [0.05, 0.1) is 0 Å². The molecule has 0 saturated carbocycles. The molecular weight excluding hydrogens is 122 g/mol. The molecule has 0 aromatic heterocycles. The second-order valence-electron chi connectivity index (χ2n) is 4.08. The minimum absolute atomic E-state index is 0.522. The van der Waals surface area contributed by atoms with Crippen LogP contribution in [0.5, 0.6) is 0 Å². The lowest BCUT2D eigenvalue weighted by atomic mass is 10.2. The molecule has 0 bridgehead atoms. The lowest BCUT2D eigenvalue weighted by molar-refractivity contribution is 0.336. The maximum atomic E-state index is 2.57. The Balaban J connectivity index is 2.25. The molecule has 0 N–H and O–H groups in total. The van der Waals surface area contributed by atoms with Gasteiger partial charge in [0.1, 0.15) is 0 Å². The summed E-state index contributed by atoms with van der Waals surface area (Å²) in [5, 5.41) is 0. The van der Waals surface area contributed by atoms with E-state index in [4.69, 9.17) is 0 Å². The number of nitrogens with zero attached hydrogens (tertiary/aromatic N) is 1. The first-order valence-electron chi connectivity index (χ1n) is 4.34. The molecule has 1 aliphatic heterocycles. The van der Waals surface area contributed by atoms with Gasteiger partial charge in [-0.1, -0.05) is 13.3 Å². The maximum Gasteiger partial charge on any atom is 0.0284 e. The lowest BCUT2D eigenvalue weighted by Crippen LogP contribution is -2.20. The molecule has 1 heteroatoms. The van der Waals surface area contributed by atoms with Gasteiger partial charge in [-0.3, -0.25) is 4.90 Å². The SMILES string of the molecule is CCCC(C)N1CC1(C)C. The van der Waals surface area contributed by atoms with Crippen LogP contribution in [0.15, 0.2) is 0 Å². The van der Waals surface area contributed by atoms with Gasteiger partial charge in [0.25, 0.3) is 0 Å². The molecule has 1 heterocycles. The molecule has 1 aliphatic rings. The van der Waals surface area contributed by atoms with Gasteiger partial charge < -0.3 is 0 Å². The van der Waals surface area contributed by atoms with Crippen LogP contribution in [0.2, 0.25) is 0 Å². The summed E-state index contributed by atoms with van der Waals surface area (Å²) < 4.78 is 0. The summed E-state index contributed by atoms with van der Waals surface area (Å²) in [5.41, 5.74) is 0.522. The molecule has 1 saturated heterocycles. The van der Waals surface area contributed by atoms with Gasteiger partial charge in [0, 0.05) is 18.1 Å². The van der Waals surface area contributed by atoms with Crippen molar-refractivity contribution >= 4 is 0 Å². The summed E-state index contributed by atoms with van der Waals surface area (Å²) in [6.45, 7) is 10.5. The van der Waals surface area contributed by atoms with E-state index in [-0.39, 0.29) is 0 Å². The molecule has 1 rings (SSSR count). The standard InChI is InChI=1S/C9H19N/c1-5-6-8(2)10-7-9(10,3)4/h8H,5-7H2,1-4H3. The second-order valence-corrected chi connectivity index (χ2v) is 4.08. The molecule has 1 fully saturated rings.